The highest BCUT2D eigenvalue weighted by molar-refractivity contribution is 6.29. The molecule has 1 aliphatic rings. The predicted molar refractivity (Wildman–Crippen MR) is 53.2 cm³/mol. The van der Waals surface area contributed by atoms with Crippen molar-refractivity contribution in [3.05, 3.63) is 24.4 Å². The lowest BCUT2D eigenvalue weighted by atomic mass is 10.4. The van der Waals surface area contributed by atoms with Gasteiger partial charge in [-0.1, -0.05) is 6.58 Å². The third-order valence-electron chi connectivity index (χ3n) is 1.30. The van der Waals surface area contributed by atoms with Gasteiger partial charge in [0.05, 0.1) is 11.4 Å². The summed E-state index contributed by atoms with van der Waals surface area (Å²) in [6, 6.07) is 0. The first-order valence-electron chi connectivity index (χ1n) is 3.69. The Hall–Kier alpha value is -1.51. The lowest BCUT2D eigenvalue weighted by Crippen LogP contribution is -1.95. The Morgan fingerprint density at radius 2 is 2.33 bits per heavy atom. The van der Waals surface area contributed by atoms with Crippen molar-refractivity contribution >= 4 is 18.1 Å². The quantitative estimate of drug-likeness (QED) is 0.518. The van der Waals surface area contributed by atoms with Crippen LogP contribution < -0.4 is 0 Å². The highest BCUT2D eigenvalue weighted by Crippen LogP contribution is 1.94. The fourth-order valence-corrected chi connectivity index (χ4v) is 0.675. The monoisotopic (exact) mass is 161 g/mol. The van der Waals surface area contributed by atoms with E-state index in [1.165, 1.54) is 0 Å². The molecule has 0 aliphatic carbocycles. The van der Waals surface area contributed by atoms with Gasteiger partial charge in [-0.05, 0) is 19.1 Å². The summed E-state index contributed by atoms with van der Waals surface area (Å²) in [5.41, 5.74) is 1.57. The van der Waals surface area contributed by atoms with Gasteiger partial charge in [-0.15, -0.1) is 0 Å². The van der Waals surface area contributed by atoms with Crippen LogP contribution in [0, 0.1) is 0 Å². The Morgan fingerprint density at radius 1 is 1.50 bits per heavy atom. The van der Waals surface area contributed by atoms with Crippen molar-refractivity contribution in [3.63, 3.8) is 0 Å². The minimum Gasteiger partial charge on any atom is -0.270 e. The summed E-state index contributed by atoms with van der Waals surface area (Å²) in [5.74, 6) is 0. The molecule has 1 aliphatic heterocycles. The molecule has 0 N–H and O–H groups in total. The van der Waals surface area contributed by atoms with Gasteiger partial charge in [0.2, 0.25) is 0 Å². The van der Waals surface area contributed by atoms with Crippen molar-refractivity contribution in [3.8, 4) is 0 Å². The van der Waals surface area contributed by atoms with Crippen molar-refractivity contribution < 1.29 is 0 Å². The zero-order valence-corrected chi connectivity index (χ0v) is 7.07. The second kappa shape index (κ2) is 4.38. The van der Waals surface area contributed by atoms with Crippen LogP contribution >= 0.6 is 0 Å². The summed E-state index contributed by atoms with van der Waals surface area (Å²) in [4.78, 5) is 12.2. The van der Waals surface area contributed by atoms with Gasteiger partial charge in [-0.2, -0.15) is 0 Å². The van der Waals surface area contributed by atoms with Crippen LogP contribution in [-0.4, -0.2) is 24.8 Å². The normalized spacial score (nSPS) is 27.4. The molecule has 3 heteroatoms. The molecule has 1 heterocycles. The molecule has 1 rings (SSSR count). The van der Waals surface area contributed by atoms with Gasteiger partial charge in [0.15, 0.2) is 0 Å². The predicted octanol–water partition coefficient (Wildman–Crippen LogP) is 1.63. The van der Waals surface area contributed by atoms with Crippen LogP contribution in [0.5, 0.6) is 0 Å². The molecule has 0 saturated heterocycles. The summed E-state index contributed by atoms with van der Waals surface area (Å²) in [7, 11) is 0. The maximum Gasteiger partial charge on any atom is 0.129 e. The van der Waals surface area contributed by atoms with Crippen molar-refractivity contribution in [2.75, 3.05) is 6.67 Å². The minimum atomic E-state index is 0.467. The number of nitrogens with zero attached hydrogens (tertiary/aromatic N) is 3. The third kappa shape index (κ3) is 3.05. The van der Waals surface area contributed by atoms with E-state index in [4.69, 9.17) is 0 Å². The van der Waals surface area contributed by atoms with E-state index < -0.39 is 0 Å². The largest absolute Gasteiger partial charge is 0.270 e. The van der Waals surface area contributed by atoms with Gasteiger partial charge in [0.1, 0.15) is 6.67 Å². The smallest absolute Gasteiger partial charge is 0.129 e. The van der Waals surface area contributed by atoms with Crippen molar-refractivity contribution in [2.45, 2.75) is 6.92 Å². The molecule has 0 saturated carbocycles. The van der Waals surface area contributed by atoms with E-state index in [0.29, 0.717) is 12.4 Å². The lowest BCUT2D eigenvalue weighted by molar-refractivity contribution is 1.08. The van der Waals surface area contributed by atoms with Crippen molar-refractivity contribution in [2.24, 2.45) is 15.0 Å². The second-order valence-corrected chi connectivity index (χ2v) is 2.38. The van der Waals surface area contributed by atoms with Crippen LogP contribution in [0.1, 0.15) is 6.92 Å². The van der Waals surface area contributed by atoms with Gasteiger partial charge in [0.25, 0.3) is 0 Å². The summed E-state index contributed by atoms with van der Waals surface area (Å²) in [5, 5.41) is 0. The van der Waals surface area contributed by atoms with Crippen LogP contribution in [0.25, 0.3) is 0 Å². The molecule has 0 aromatic rings. The molecule has 0 aromatic heterocycles. The highest BCUT2D eigenvalue weighted by atomic mass is 14.9. The first-order chi connectivity index (χ1) is 5.79. The van der Waals surface area contributed by atoms with E-state index in [1.807, 2.05) is 6.92 Å². The lowest BCUT2D eigenvalue weighted by Gasteiger charge is -1.93. The van der Waals surface area contributed by atoms with E-state index in [1.54, 1.807) is 24.6 Å². The molecule has 3 nitrogen and oxygen atoms in total. The average molecular weight is 161 g/mol. The fraction of sp³-hybridized carbons (Fsp3) is 0.222. The Morgan fingerprint density at radius 3 is 3.17 bits per heavy atom. The first kappa shape index (κ1) is 8.59. The van der Waals surface area contributed by atoms with Gasteiger partial charge in [0, 0.05) is 12.4 Å². The summed E-state index contributed by atoms with van der Waals surface area (Å²) in [6.07, 6.45) is 6.99. The van der Waals surface area contributed by atoms with Gasteiger partial charge >= 0.3 is 0 Å². The Balaban J connectivity index is 2.80. The molecule has 0 spiro atoms. The van der Waals surface area contributed by atoms with E-state index in [2.05, 4.69) is 21.6 Å². The van der Waals surface area contributed by atoms with Crippen LogP contribution in [0.4, 0.5) is 0 Å². The van der Waals surface area contributed by atoms with E-state index in [0.717, 1.165) is 5.71 Å². The van der Waals surface area contributed by atoms with Crippen LogP contribution in [0.2, 0.25) is 0 Å². The first-order valence-corrected chi connectivity index (χ1v) is 3.69. The molecule has 0 atom stereocenters. The summed E-state index contributed by atoms with van der Waals surface area (Å²) in [6.45, 7) is 6.07. The third-order valence-corrected chi connectivity index (χ3v) is 1.30. The summed E-state index contributed by atoms with van der Waals surface area (Å²) >= 11 is 0. The molecule has 62 valence electrons. The molecule has 0 unspecified atom stereocenters. The van der Waals surface area contributed by atoms with Gasteiger partial charge in [-0.25, -0.2) is 0 Å². The molecule has 0 bridgehead atoms. The van der Waals surface area contributed by atoms with Crippen molar-refractivity contribution in [1.82, 2.24) is 0 Å². The number of hydrogen-bond donors (Lipinski definition) is 0. The standard InChI is InChI=1S/C9H11N3/c1-8-4-3-5-10-7-12-9(2)6-11-8/h3-6H,1,7H2,2H3/b4-3-,10-5-,11-6?,12-9-. The number of aliphatic imine (C=N–C) groups is 3. The molecular weight excluding hydrogens is 150 g/mol. The maximum atomic E-state index is 4.11. The number of rotatable bonds is 0. The average Bonchev–Trinajstić information content (AvgIpc) is 2.07. The second-order valence-electron chi connectivity index (χ2n) is 2.38. The van der Waals surface area contributed by atoms with Gasteiger partial charge in [-0.3, -0.25) is 15.0 Å². The minimum absolute atomic E-state index is 0.467. The maximum absolute atomic E-state index is 4.11. The van der Waals surface area contributed by atoms with E-state index in [9.17, 15) is 0 Å². The van der Waals surface area contributed by atoms with E-state index >= 15 is 0 Å². The Kier molecular flexibility index (Phi) is 3.14. The zero-order chi connectivity index (χ0) is 8.81. The highest BCUT2D eigenvalue weighted by Gasteiger charge is 1.86. The SMILES string of the molecule is C=C1/C=C\C=N/C/N=C(/C)C=N1. The zero-order valence-electron chi connectivity index (χ0n) is 7.07. The van der Waals surface area contributed by atoms with Crippen LogP contribution in [0.3, 0.4) is 0 Å². The molecule has 0 amide bonds. The topological polar surface area (TPSA) is 37.1 Å². The van der Waals surface area contributed by atoms with Crippen LogP contribution in [0.15, 0.2) is 39.4 Å². The Labute approximate surface area is 72.0 Å². The van der Waals surface area contributed by atoms with E-state index in [-0.39, 0.29) is 0 Å². The molecule has 12 heavy (non-hydrogen) atoms. The fourth-order valence-electron chi connectivity index (χ4n) is 0.675. The molecule has 0 aromatic carbocycles. The molecule has 0 fully saturated rings. The van der Waals surface area contributed by atoms with Gasteiger partial charge < -0.3 is 0 Å². The summed E-state index contributed by atoms with van der Waals surface area (Å²) < 4.78 is 0. The van der Waals surface area contributed by atoms with Crippen LogP contribution in [-0.2, 0) is 0 Å². The molecule has 0 radical (unpaired) electrons. The number of allylic oxidation sites excluding steroid dienone is 2. The van der Waals surface area contributed by atoms with Crippen molar-refractivity contribution in [1.29, 1.82) is 0 Å². The number of hydrogen-bond acceptors (Lipinski definition) is 3. The molecular formula is C9H11N3. The Bertz CT molecular complexity index is 278.